The zero-order valence-corrected chi connectivity index (χ0v) is 19.8. The van der Waals surface area contributed by atoms with Crippen molar-refractivity contribution in [3.63, 3.8) is 0 Å². The van der Waals surface area contributed by atoms with Crippen molar-refractivity contribution in [1.29, 1.82) is 0 Å². The number of hydrogen-bond donors (Lipinski definition) is 1. The van der Waals surface area contributed by atoms with Crippen LogP contribution in [0.15, 0.2) is 11.6 Å². The Morgan fingerprint density at radius 3 is 2.55 bits per heavy atom. The van der Waals surface area contributed by atoms with Crippen LogP contribution in [0, 0.1) is 46.3 Å². The molecule has 1 unspecified atom stereocenters. The highest BCUT2D eigenvalue weighted by Gasteiger charge is 2.59. The molecule has 0 aromatic carbocycles. The SMILES string of the molecule is CC(C)CCCC(C)[C@H]1CC[C@H]2[C@@H]3CC=C4C[C@@H](OO)CC[C@]4(C)[C@H]3CC[C@]12C. The van der Waals surface area contributed by atoms with E-state index in [9.17, 15) is 5.26 Å². The summed E-state index contributed by atoms with van der Waals surface area (Å²) in [5.74, 6) is 5.36. The maximum atomic E-state index is 9.20. The molecule has 0 bridgehead atoms. The summed E-state index contributed by atoms with van der Waals surface area (Å²) < 4.78 is 0. The van der Waals surface area contributed by atoms with Gasteiger partial charge in [0.25, 0.3) is 0 Å². The lowest BCUT2D eigenvalue weighted by atomic mass is 9.47. The standard InChI is InChI=1S/C27H46O2/c1-18(2)7-6-8-19(3)23-11-12-24-22-10-9-20-17-21(29-28)13-15-26(20,4)25(22)14-16-27(23,24)5/h9,18-19,21-25,28H,6-8,10-17H2,1-5H3/t19?,21-,22-,23+,24-,25-,26-,27+/m0/s1. The maximum Gasteiger partial charge on any atom is 0.0964 e. The molecule has 0 radical (unpaired) electrons. The van der Waals surface area contributed by atoms with Crippen molar-refractivity contribution in [1.82, 2.24) is 0 Å². The summed E-state index contributed by atoms with van der Waals surface area (Å²) in [6, 6.07) is 0. The van der Waals surface area contributed by atoms with Gasteiger partial charge in [0.05, 0.1) is 6.10 Å². The molecule has 3 fully saturated rings. The van der Waals surface area contributed by atoms with Crippen LogP contribution in [0.5, 0.6) is 0 Å². The minimum atomic E-state index is 0.0299. The number of hydrogen-bond acceptors (Lipinski definition) is 2. The van der Waals surface area contributed by atoms with Crippen molar-refractivity contribution in [2.45, 2.75) is 111 Å². The largest absolute Gasteiger partial charge is 0.252 e. The number of fused-ring (bicyclic) bond motifs is 5. The normalized spacial score (nSPS) is 45.3. The van der Waals surface area contributed by atoms with Gasteiger partial charge in [-0.15, -0.1) is 0 Å². The van der Waals surface area contributed by atoms with E-state index >= 15 is 0 Å². The van der Waals surface area contributed by atoms with Crippen LogP contribution in [0.2, 0.25) is 0 Å². The van der Waals surface area contributed by atoms with Crippen LogP contribution in [-0.4, -0.2) is 11.4 Å². The zero-order chi connectivity index (χ0) is 20.8. The van der Waals surface area contributed by atoms with Gasteiger partial charge in [-0.3, -0.25) is 5.26 Å². The number of rotatable bonds is 6. The van der Waals surface area contributed by atoms with Crippen LogP contribution in [0.4, 0.5) is 0 Å². The predicted octanol–water partition coefficient (Wildman–Crippen LogP) is 7.89. The molecule has 8 atom stereocenters. The van der Waals surface area contributed by atoms with Gasteiger partial charge in [0.15, 0.2) is 0 Å². The van der Waals surface area contributed by atoms with E-state index in [-0.39, 0.29) is 6.10 Å². The van der Waals surface area contributed by atoms with E-state index in [2.05, 4.69) is 40.7 Å². The molecule has 2 nitrogen and oxygen atoms in total. The molecule has 4 rings (SSSR count). The lowest BCUT2D eigenvalue weighted by Gasteiger charge is -2.58. The molecule has 0 amide bonds. The molecular formula is C27H46O2. The van der Waals surface area contributed by atoms with Gasteiger partial charge >= 0.3 is 0 Å². The average molecular weight is 403 g/mol. The Hall–Kier alpha value is -0.340. The van der Waals surface area contributed by atoms with Crippen molar-refractivity contribution in [3.05, 3.63) is 11.6 Å². The highest BCUT2D eigenvalue weighted by Crippen LogP contribution is 2.67. The van der Waals surface area contributed by atoms with Crippen LogP contribution >= 0.6 is 0 Å². The van der Waals surface area contributed by atoms with Crippen LogP contribution in [0.3, 0.4) is 0 Å². The second-order valence-electron chi connectivity index (χ2n) is 12.3. The summed E-state index contributed by atoms with van der Waals surface area (Å²) in [7, 11) is 0. The third-order valence-electron chi connectivity index (χ3n) is 10.4. The van der Waals surface area contributed by atoms with E-state index in [0.717, 1.165) is 48.3 Å². The van der Waals surface area contributed by atoms with Crippen molar-refractivity contribution < 1.29 is 10.1 Å². The minimum absolute atomic E-state index is 0.0299. The second kappa shape index (κ2) is 8.30. The Labute approximate surface area is 179 Å². The second-order valence-corrected chi connectivity index (χ2v) is 12.3. The van der Waals surface area contributed by atoms with Crippen molar-refractivity contribution >= 4 is 0 Å². The van der Waals surface area contributed by atoms with Crippen LogP contribution in [0.25, 0.3) is 0 Å². The third kappa shape index (κ3) is 3.75. The summed E-state index contributed by atoms with van der Waals surface area (Å²) in [6.07, 6.45) is 17.1. The Bertz CT molecular complexity index is 610. The summed E-state index contributed by atoms with van der Waals surface area (Å²) >= 11 is 0. The van der Waals surface area contributed by atoms with Gasteiger partial charge < -0.3 is 0 Å². The molecule has 0 heterocycles. The first-order valence-corrected chi connectivity index (χ1v) is 12.8. The Balaban J connectivity index is 1.48. The fourth-order valence-corrected chi connectivity index (χ4v) is 8.74. The van der Waals surface area contributed by atoms with E-state index in [1.807, 2.05) is 0 Å². The highest BCUT2D eigenvalue weighted by molar-refractivity contribution is 5.25. The summed E-state index contributed by atoms with van der Waals surface area (Å²) in [5.41, 5.74) is 2.54. The molecule has 166 valence electrons. The van der Waals surface area contributed by atoms with Gasteiger partial charge in [0, 0.05) is 0 Å². The molecule has 29 heavy (non-hydrogen) atoms. The first-order chi connectivity index (χ1) is 13.8. The first-order valence-electron chi connectivity index (χ1n) is 12.8. The highest BCUT2D eigenvalue weighted by atomic mass is 17.1. The molecular weight excluding hydrogens is 356 g/mol. The molecule has 0 aromatic rings. The van der Waals surface area contributed by atoms with E-state index < -0.39 is 0 Å². The topological polar surface area (TPSA) is 29.5 Å². The molecule has 1 N–H and O–H groups in total. The van der Waals surface area contributed by atoms with E-state index in [0.29, 0.717) is 10.8 Å². The van der Waals surface area contributed by atoms with Gasteiger partial charge in [-0.1, -0.05) is 65.5 Å². The van der Waals surface area contributed by atoms with Crippen LogP contribution in [0.1, 0.15) is 105 Å². The predicted molar refractivity (Wildman–Crippen MR) is 121 cm³/mol. The third-order valence-corrected chi connectivity index (χ3v) is 10.4. The summed E-state index contributed by atoms with van der Waals surface area (Å²) in [4.78, 5) is 4.75. The summed E-state index contributed by atoms with van der Waals surface area (Å²) in [5, 5.41) is 9.20. The molecule has 0 aliphatic heterocycles. The molecule has 4 aliphatic carbocycles. The molecule has 0 saturated heterocycles. The van der Waals surface area contributed by atoms with E-state index in [1.165, 1.54) is 57.8 Å². The molecule has 4 aliphatic rings. The Morgan fingerprint density at radius 2 is 1.83 bits per heavy atom. The Morgan fingerprint density at radius 1 is 1.03 bits per heavy atom. The molecule has 2 heteroatoms. The number of allylic oxidation sites excluding steroid dienone is 1. The van der Waals surface area contributed by atoms with Gasteiger partial charge in [-0.25, -0.2) is 4.89 Å². The van der Waals surface area contributed by atoms with Crippen LogP contribution < -0.4 is 0 Å². The van der Waals surface area contributed by atoms with E-state index in [4.69, 9.17) is 4.89 Å². The van der Waals surface area contributed by atoms with Gasteiger partial charge in [-0.05, 0) is 97.7 Å². The average Bonchev–Trinajstić information content (AvgIpc) is 3.04. The fourth-order valence-electron chi connectivity index (χ4n) is 8.74. The Kier molecular flexibility index (Phi) is 6.26. The summed E-state index contributed by atoms with van der Waals surface area (Å²) in [6.45, 7) is 12.5. The monoisotopic (exact) mass is 402 g/mol. The lowest BCUT2D eigenvalue weighted by molar-refractivity contribution is -0.284. The molecule has 0 aromatic heterocycles. The lowest BCUT2D eigenvalue weighted by Crippen LogP contribution is -2.51. The van der Waals surface area contributed by atoms with Crippen molar-refractivity contribution in [2.24, 2.45) is 46.3 Å². The smallest absolute Gasteiger partial charge is 0.0964 e. The quantitative estimate of drug-likeness (QED) is 0.278. The van der Waals surface area contributed by atoms with Gasteiger partial charge in [0.2, 0.25) is 0 Å². The van der Waals surface area contributed by atoms with Crippen molar-refractivity contribution in [2.75, 3.05) is 0 Å². The minimum Gasteiger partial charge on any atom is -0.252 e. The van der Waals surface area contributed by atoms with Gasteiger partial charge in [0.1, 0.15) is 0 Å². The van der Waals surface area contributed by atoms with E-state index in [1.54, 1.807) is 5.57 Å². The maximum absolute atomic E-state index is 9.20. The fraction of sp³-hybridized carbons (Fsp3) is 0.926. The van der Waals surface area contributed by atoms with Crippen molar-refractivity contribution in [3.8, 4) is 0 Å². The first kappa shape index (κ1) is 21.9. The van der Waals surface area contributed by atoms with Gasteiger partial charge in [-0.2, -0.15) is 0 Å². The zero-order valence-electron chi connectivity index (χ0n) is 19.8. The van der Waals surface area contributed by atoms with Crippen LogP contribution in [-0.2, 0) is 4.89 Å². The molecule has 0 spiro atoms. The molecule has 3 saturated carbocycles.